The second-order valence-corrected chi connectivity index (χ2v) is 2.99. The molecule has 5 heteroatoms. The molecule has 0 atom stereocenters. The van der Waals surface area contributed by atoms with Gasteiger partial charge in [-0.1, -0.05) is 13.2 Å². The fourth-order valence-corrected chi connectivity index (χ4v) is 1.12. The van der Waals surface area contributed by atoms with Gasteiger partial charge in [-0.15, -0.1) is 0 Å². The minimum absolute atomic E-state index is 0. The Labute approximate surface area is 175 Å². The minimum atomic E-state index is 0. The molecule has 0 aromatic heterocycles. The van der Waals surface area contributed by atoms with Crippen LogP contribution in [-0.4, -0.2) is 29.9 Å². The second-order valence-electron chi connectivity index (χ2n) is 2.99. The van der Waals surface area contributed by atoms with E-state index in [4.69, 9.17) is 0 Å². The fraction of sp³-hybridized carbons (Fsp3) is 0.286. The van der Waals surface area contributed by atoms with Crippen LogP contribution in [0, 0.1) is 44.2 Å². The molecule has 0 spiro atoms. The Kier molecular flexibility index (Phi) is 64.6. The molecule has 116 valence electrons. The van der Waals surface area contributed by atoms with E-state index in [0.29, 0.717) is 0 Å². The van der Waals surface area contributed by atoms with Crippen LogP contribution in [0.1, 0.15) is 6.42 Å². The average Bonchev–Trinajstić information content (AvgIpc) is 2.05. The molecule has 19 heavy (non-hydrogen) atoms. The van der Waals surface area contributed by atoms with Crippen molar-refractivity contribution in [2.45, 2.75) is 6.42 Å². The molecular formula is C14H30N2VWY-6. The standard InChI is InChI=1S/C9H15N2.5CH3.V.W.Y/c1-8-5-6-10(3)7-9(2)11(8)4;;;;;;;;/h1-3,5-7H2,4H3;5*1H3;;;/q6*-1;;;. The van der Waals surface area contributed by atoms with Crippen LogP contribution in [0.3, 0.4) is 0 Å². The molecule has 1 aliphatic rings. The van der Waals surface area contributed by atoms with E-state index in [2.05, 4.69) is 20.2 Å². The molecule has 1 saturated heterocycles. The predicted molar refractivity (Wildman–Crippen MR) is 79.7 cm³/mol. The van der Waals surface area contributed by atoms with Crippen LogP contribution in [0.25, 0.3) is 0 Å². The summed E-state index contributed by atoms with van der Waals surface area (Å²) in [4.78, 5) is 4.06. The van der Waals surface area contributed by atoms with E-state index in [1.54, 1.807) is 0 Å². The Morgan fingerprint density at radius 3 is 1.74 bits per heavy atom. The first-order valence-corrected chi connectivity index (χ1v) is 3.76. The van der Waals surface area contributed by atoms with Gasteiger partial charge in [-0.25, -0.2) is 0 Å². The minimum Gasteiger partial charge on any atom is -0.454 e. The summed E-state index contributed by atoms with van der Waals surface area (Å²) >= 11 is 0. The van der Waals surface area contributed by atoms with Crippen molar-refractivity contribution in [3.8, 4) is 0 Å². The topological polar surface area (TPSA) is 6.48 Å². The number of likely N-dealkylation sites (N-methyl/N-ethyl adjacent to an activating group) is 1. The largest absolute Gasteiger partial charge is 0.454 e. The smallest absolute Gasteiger partial charge is 0.0218 e. The number of hydrogen-bond donors (Lipinski definition) is 0. The Hall–Kier alpha value is 1.62. The maximum absolute atomic E-state index is 3.95. The molecule has 1 heterocycles. The number of nitrogens with zero attached hydrogens (tertiary/aromatic N) is 2. The second kappa shape index (κ2) is 24.6. The van der Waals surface area contributed by atoms with Crippen molar-refractivity contribution in [2.24, 2.45) is 0 Å². The van der Waals surface area contributed by atoms with Gasteiger partial charge >= 0.3 is 0 Å². The summed E-state index contributed by atoms with van der Waals surface area (Å²) in [6.45, 7) is 9.71. The van der Waals surface area contributed by atoms with E-state index in [9.17, 15) is 0 Å². The monoisotopic (exact) mass is 550 g/mol. The molecule has 0 bridgehead atoms. The maximum atomic E-state index is 3.95. The van der Waals surface area contributed by atoms with Crippen molar-refractivity contribution < 1.29 is 72.3 Å². The van der Waals surface area contributed by atoms with Crippen LogP contribution in [0.4, 0.5) is 0 Å². The summed E-state index contributed by atoms with van der Waals surface area (Å²) in [5.41, 5.74) is 2.20. The van der Waals surface area contributed by atoms with E-state index in [1.807, 2.05) is 16.8 Å². The SMILES string of the molecule is C=C1CCN([CH2-])CC(=C)N1C.[CH3-].[CH3-].[CH3-].[CH3-].[CH3-].[V].[W].[Y]. The molecule has 0 aromatic carbocycles. The average molecular weight is 550 g/mol. The summed E-state index contributed by atoms with van der Waals surface area (Å²) in [7, 11) is 5.89. The fourth-order valence-electron chi connectivity index (χ4n) is 1.12. The Morgan fingerprint density at radius 2 is 1.37 bits per heavy atom. The third-order valence-corrected chi connectivity index (χ3v) is 2.07. The zero-order chi connectivity index (χ0) is 8.43. The van der Waals surface area contributed by atoms with Gasteiger partial charge in [0, 0.05) is 97.3 Å². The van der Waals surface area contributed by atoms with Crippen LogP contribution in [-0.2, 0) is 72.3 Å². The molecule has 0 unspecified atom stereocenters. The van der Waals surface area contributed by atoms with Crippen LogP contribution in [0.15, 0.2) is 24.6 Å². The van der Waals surface area contributed by atoms with Crippen LogP contribution in [0.5, 0.6) is 0 Å². The molecule has 0 aliphatic carbocycles. The predicted octanol–water partition coefficient (Wildman–Crippen LogP) is 3.69. The Bertz CT molecular complexity index is 202. The first-order valence-electron chi connectivity index (χ1n) is 3.76. The molecule has 2 radical (unpaired) electrons. The molecule has 0 N–H and O–H groups in total. The molecule has 0 saturated carbocycles. The van der Waals surface area contributed by atoms with Gasteiger partial charge in [0.1, 0.15) is 0 Å². The van der Waals surface area contributed by atoms with E-state index in [0.717, 1.165) is 30.9 Å². The van der Waals surface area contributed by atoms with Gasteiger partial charge in [-0.2, -0.15) is 0 Å². The van der Waals surface area contributed by atoms with E-state index in [-0.39, 0.29) is 109 Å². The number of hydrogen-bond acceptors (Lipinski definition) is 2. The van der Waals surface area contributed by atoms with E-state index < -0.39 is 0 Å². The first-order chi connectivity index (χ1) is 5.11. The molecule has 1 rings (SSSR count). The van der Waals surface area contributed by atoms with Gasteiger partial charge in [0.25, 0.3) is 0 Å². The van der Waals surface area contributed by atoms with Crippen LogP contribution in [0.2, 0.25) is 0 Å². The third-order valence-electron chi connectivity index (χ3n) is 2.07. The third kappa shape index (κ3) is 17.6. The molecule has 1 aliphatic heterocycles. The van der Waals surface area contributed by atoms with Crippen LogP contribution < -0.4 is 0 Å². The summed E-state index contributed by atoms with van der Waals surface area (Å²) in [6, 6.07) is 0. The maximum Gasteiger partial charge on any atom is 0.0218 e. The van der Waals surface area contributed by atoms with Crippen molar-refractivity contribution in [2.75, 3.05) is 20.1 Å². The van der Waals surface area contributed by atoms with Crippen molar-refractivity contribution >= 4 is 0 Å². The molecular weight excluding hydrogens is 520 g/mol. The summed E-state index contributed by atoms with van der Waals surface area (Å²) < 4.78 is 0. The van der Waals surface area contributed by atoms with Gasteiger partial charge in [0.2, 0.25) is 0 Å². The normalized spacial score (nSPS) is 12.8. The quantitative estimate of drug-likeness (QED) is 0.425. The number of rotatable bonds is 0. The van der Waals surface area contributed by atoms with Crippen LogP contribution >= 0.6 is 0 Å². The molecule has 1 fully saturated rings. The summed E-state index contributed by atoms with van der Waals surface area (Å²) in [5.74, 6) is 0. The van der Waals surface area contributed by atoms with Gasteiger partial charge in [0.15, 0.2) is 0 Å². The van der Waals surface area contributed by atoms with Gasteiger partial charge < -0.3 is 46.9 Å². The summed E-state index contributed by atoms with van der Waals surface area (Å²) in [6.07, 6.45) is 0.985. The summed E-state index contributed by atoms with van der Waals surface area (Å²) in [5, 5.41) is 0. The Morgan fingerprint density at radius 1 is 1.00 bits per heavy atom. The molecule has 2 nitrogen and oxygen atoms in total. The van der Waals surface area contributed by atoms with E-state index in [1.165, 1.54) is 0 Å². The Balaban J connectivity index is -0.0000000252. The van der Waals surface area contributed by atoms with Crippen molar-refractivity contribution in [3.63, 3.8) is 0 Å². The first kappa shape index (κ1) is 49.8. The van der Waals surface area contributed by atoms with Gasteiger partial charge in [-0.3, -0.25) is 7.05 Å². The van der Waals surface area contributed by atoms with Crippen molar-refractivity contribution in [1.82, 2.24) is 9.80 Å². The van der Waals surface area contributed by atoms with Gasteiger partial charge in [-0.05, 0) is 13.0 Å². The zero-order valence-electron chi connectivity index (χ0n) is 13.6. The van der Waals surface area contributed by atoms with E-state index >= 15 is 0 Å². The van der Waals surface area contributed by atoms with Crippen molar-refractivity contribution in [1.29, 1.82) is 0 Å². The molecule has 0 amide bonds. The van der Waals surface area contributed by atoms with Gasteiger partial charge in [0.05, 0.1) is 0 Å². The van der Waals surface area contributed by atoms with Crippen molar-refractivity contribution in [3.05, 3.63) is 68.7 Å². The molecule has 0 aromatic rings. The zero-order valence-corrected chi connectivity index (χ0v) is 20.7.